The van der Waals surface area contributed by atoms with Crippen LogP contribution in [0.2, 0.25) is 5.02 Å². The highest BCUT2D eigenvalue weighted by Gasteiger charge is 2.09. The standard InChI is InChI=1S/C21H15ClFN3O3/c22-16-6-9-19(27)15(10-16)12-24-26-21(29)14-2-1-3-18(11-14)25-20(28)13-4-7-17(23)8-5-13/h1-12,27H,(H,25,28)(H,26,29). The normalized spacial score (nSPS) is 10.7. The van der Waals surface area contributed by atoms with Gasteiger partial charge < -0.3 is 10.4 Å². The number of halogens is 2. The maximum Gasteiger partial charge on any atom is 0.271 e. The number of amides is 2. The molecule has 0 heterocycles. The van der Waals surface area contributed by atoms with Crippen molar-refractivity contribution in [3.05, 3.63) is 94.3 Å². The van der Waals surface area contributed by atoms with Crippen LogP contribution < -0.4 is 10.7 Å². The van der Waals surface area contributed by atoms with Crippen LogP contribution >= 0.6 is 11.6 Å². The predicted octanol–water partition coefficient (Wildman–Crippen LogP) is 4.20. The van der Waals surface area contributed by atoms with Gasteiger partial charge in [0.15, 0.2) is 0 Å². The fourth-order valence-corrected chi connectivity index (χ4v) is 2.58. The van der Waals surface area contributed by atoms with Gasteiger partial charge in [0.05, 0.1) is 6.21 Å². The molecule has 3 aromatic carbocycles. The van der Waals surface area contributed by atoms with Crippen molar-refractivity contribution < 1.29 is 19.1 Å². The maximum absolute atomic E-state index is 13.0. The van der Waals surface area contributed by atoms with E-state index < -0.39 is 17.6 Å². The molecule has 0 aliphatic carbocycles. The SMILES string of the molecule is O=C(NN=Cc1cc(Cl)ccc1O)c1cccc(NC(=O)c2ccc(F)cc2)c1. The molecular weight excluding hydrogens is 397 g/mol. The first-order valence-electron chi connectivity index (χ1n) is 8.41. The minimum atomic E-state index is -0.513. The highest BCUT2D eigenvalue weighted by Crippen LogP contribution is 2.19. The third-order valence-electron chi connectivity index (χ3n) is 3.85. The average Bonchev–Trinajstić information content (AvgIpc) is 2.71. The lowest BCUT2D eigenvalue weighted by Gasteiger charge is -2.07. The zero-order valence-electron chi connectivity index (χ0n) is 14.9. The molecule has 0 spiro atoms. The smallest absolute Gasteiger partial charge is 0.271 e. The van der Waals surface area contributed by atoms with E-state index in [1.165, 1.54) is 54.7 Å². The Morgan fingerprint density at radius 2 is 1.72 bits per heavy atom. The molecule has 0 radical (unpaired) electrons. The van der Waals surface area contributed by atoms with E-state index in [1.807, 2.05) is 0 Å². The summed E-state index contributed by atoms with van der Waals surface area (Å²) in [4.78, 5) is 24.5. The Morgan fingerprint density at radius 1 is 0.966 bits per heavy atom. The average molecular weight is 412 g/mol. The number of phenols is 1. The van der Waals surface area contributed by atoms with Crippen LogP contribution in [0.3, 0.4) is 0 Å². The van der Waals surface area contributed by atoms with E-state index in [9.17, 15) is 19.1 Å². The Morgan fingerprint density at radius 3 is 2.48 bits per heavy atom. The second-order valence-corrected chi connectivity index (χ2v) is 6.38. The van der Waals surface area contributed by atoms with Crippen LogP contribution in [-0.2, 0) is 0 Å². The monoisotopic (exact) mass is 411 g/mol. The molecule has 0 fully saturated rings. The van der Waals surface area contributed by atoms with Crippen LogP contribution in [0.4, 0.5) is 10.1 Å². The van der Waals surface area contributed by atoms with Gasteiger partial charge in [-0.25, -0.2) is 9.82 Å². The van der Waals surface area contributed by atoms with Crippen LogP contribution in [0.5, 0.6) is 5.75 Å². The summed E-state index contributed by atoms with van der Waals surface area (Å²) in [5, 5.41) is 16.6. The number of benzene rings is 3. The topological polar surface area (TPSA) is 90.8 Å². The van der Waals surface area contributed by atoms with E-state index >= 15 is 0 Å². The summed E-state index contributed by atoms with van der Waals surface area (Å²) in [6, 6.07) is 15.8. The zero-order valence-corrected chi connectivity index (χ0v) is 15.7. The summed E-state index contributed by atoms with van der Waals surface area (Å²) in [5.74, 6) is -1.41. The quantitative estimate of drug-likeness (QED) is 0.434. The number of nitrogens with zero attached hydrogens (tertiary/aromatic N) is 1. The van der Waals surface area contributed by atoms with Gasteiger partial charge in [0.25, 0.3) is 11.8 Å². The first-order valence-corrected chi connectivity index (χ1v) is 8.79. The third kappa shape index (κ3) is 5.40. The minimum absolute atomic E-state index is 0.0297. The van der Waals surface area contributed by atoms with E-state index in [2.05, 4.69) is 15.8 Å². The molecule has 0 saturated carbocycles. The molecule has 146 valence electrons. The fourth-order valence-electron chi connectivity index (χ4n) is 2.40. The first kappa shape index (κ1) is 20.0. The highest BCUT2D eigenvalue weighted by molar-refractivity contribution is 6.30. The van der Waals surface area contributed by atoms with Gasteiger partial charge in [-0.15, -0.1) is 0 Å². The predicted molar refractivity (Wildman–Crippen MR) is 109 cm³/mol. The van der Waals surface area contributed by atoms with Crippen molar-refractivity contribution >= 4 is 35.3 Å². The number of carbonyl (C=O) groups excluding carboxylic acids is 2. The molecule has 3 rings (SSSR count). The van der Waals surface area contributed by atoms with Gasteiger partial charge in [-0.3, -0.25) is 9.59 Å². The molecule has 3 aromatic rings. The number of nitrogens with one attached hydrogen (secondary N) is 2. The number of phenolic OH excluding ortho intramolecular Hbond substituents is 1. The van der Waals surface area contributed by atoms with E-state index in [-0.39, 0.29) is 16.9 Å². The molecule has 0 aromatic heterocycles. The molecule has 0 saturated heterocycles. The van der Waals surface area contributed by atoms with Gasteiger partial charge in [0, 0.05) is 27.4 Å². The minimum Gasteiger partial charge on any atom is -0.507 e. The lowest BCUT2D eigenvalue weighted by atomic mass is 10.1. The van der Waals surface area contributed by atoms with Gasteiger partial charge >= 0.3 is 0 Å². The number of rotatable bonds is 5. The summed E-state index contributed by atoms with van der Waals surface area (Å²) in [5.41, 5.74) is 3.62. The second-order valence-electron chi connectivity index (χ2n) is 5.94. The number of anilines is 1. The number of hydrazone groups is 1. The number of carbonyl (C=O) groups is 2. The summed E-state index contributed by atoms with van der Waals surface area (Å²) in [7, 11) is 0. The Bertz CT molecular complexity index is 1080. The molecule has 3 N–H and O–H groups in total. The van der Waals surface area contributed by atoms with Crippen LogP contribution in [0.15, 0.2) is 71.8 Å². The molecule has 6 nitrogen and oxygen atoms in total. The lowest BCUT2D eigenvalue weighted by Crippen LogP contribution is -2.18. The largest absolute Gasteiger partial charge is 0.507 e. The van der Waals surface area contributed by atoms with Gasteiger partial charge in [0.2, 0.25) is 0 Å². The molecule has 0 aliphatic heterocycles. The van der Waals surface area contributed by atoms with Crippen molar-refractivity contribution in [1.29, 1.82) is 0 Å². The molecule has 0 unspecified atom stereocenters. The van der Waals surface area contributed by atoms with Gasteiger partial charge in [-0.2, -0.15) is 5.10 Å². The van der Waals surface area contributed by atoms with Gasteiger partial charge in [-0.05, 0) is 60.7 Å². The van der Waals surface area contributed by atoms with E-state index in [4.69, 9.17) is 11.6 Å². The molecule has 2 amide bonds. The van der Waals surface area contributed by atoms with Crippen LogP contribution in [0.25, 0.3) is 0 Å². The Kier molecular flexibility index (Phi) is 6.21. The molecule has 29 heavy (non-hydrogen) atoms. The molecule has 0 atom stereocenters. The van der Waals surface area contributed by atoms with Crippen molar-refractivity contribution in [1.82, 2.24) is 5.43 Å². The second kappa shape index (κ2) is 8.99. The third-order valence-corrected chi connectivity index (χ3v) is 4.08. The lowest BCUT2D eigenvalue weighted by molar-refractivity contribution is 0.0953. The summed E-state index contributed by atoms with van der Waals surface area (Å²) in [6.07, 6.45) is 1.26. The number of hydrogen-bond acceptors (Lipinski definition) is 4. The van der Waals surface area contributed by atoms with Crippen molar-refractivity contribution in [2.45, 2.75) is 0 Å². The van der Waals surface area contributed by atoms with Crippen molar-refractivity contribution in [3.8, 4) is 5.75 Å². The highest BCUT2D eigenvalue weighted by atomic mass is 35.5. The van der Waals surface area contributed by atoms with E-state index in [0.717, 1.165) is 0 Å². The van der Waals surface area contributed by atoms with Crippen molar-refractivity contribution in [2.75, 3.05) is 5.32 Å². The molecule has 8 heteroatoms. The number of aromatic hydroxyl groups is 1. The first-order chi connectivity index (χ1) is 13.9. The zero-order chi connectivity index (χ0) is 20.8. The Hall–Kier alpha value is -3.71. The Labute approximate surface area is 170 Å². The Balaban J connectivity index is 1.66. The van der Waals surface area contributed by atoms with Crippen LogP contribution in [0.1, 0.15) is 26.3 Å². The molecule has 0 bridgehead atoms. The van der Waals surface area contributed by atoms with E-state index in [1.54, 1.807) is 18.2 Å². The van der Waals surface area contributed by atoms with Gasteiger partial charge in [-0.1, -0.05) is 17.7 Å². The van der Waals surface area contributed by atoms with Crippen LogP contribution in [0, 0.1) is 5.82 Å². The van der Waals surface area contributed by atoms with Crippen molar-refractivity contribution in [2.24, 2.45) is 5.10 Å². The van der Waals surface area contributed by atoms with Crippen molar-refractivity contribution in [3.63, 3.8) is 0 Å². The van der Waals surface area contributed by atoms with Crippen LogP contribution in [-0.4, -0.2) is 23.1 Å². The summed E-state index contributed by atoms with van der Waals surface area (Å²) >= 11 is 5.85. The molecular formula is C21H15ClFN3O3. The fraction of sp³-hybridized carbons (Fsp3) is 0. The summed E-state index contributed by atoms with van der Waals surface area (Å²) in [6.45, 7) is 0. The van der Waals surface area contributed by atoms with Gasteiger partial charge in [0.1, 0.15) is 11.6 Å². The number of hydrogen-bond donors (Lipinski definition) is 3. The van der Waals surface area contributed by atoms with E-state index in [0.29, 0.717) is 16.3 Å². The summed E-state index contributed by atoms with van der Waals surface area (Å²) < 4.78 is 13.0. The molecule has 0 aliphatic rings. The maximum atomic E-state index is 13.0.